The molecule has 1 aromatic rings. The zero-order valence-corrected chi connectivity index (χ0v) is 7.71. The summed E-state index contributed by atoms with van der Waals surface area (Å²) in [6.45, 7) is 1.72. The first-order valence-electron chi connectivity index (χ1n) is 3.75. The van der Waals surface area contributed by atoms with Gasteiger partial charge in [-0.3, -0.25) is 0 Å². The second-order valence-corrected chi connectivity index (χ2v) is 3.71. The van der Waals surface area contributed by atoms with E-state index in [-0.39, 0.29) is 6.61 Å². The molecule has 0 saturated carbocycles. The molecule has 0 fully saturated rings. The summed E-state index contributed by atoms with van der Waals surface area (Å²) in [5.41, 5.74) is 6.51. The van der Waals surface area contributed by atoms with E-state index in [0.717, 1.165) is 10.4 Å². The van der Waals surface area contributed by atoms with Gasteiger partial charge in [0.15, 0.2) is 0 Å². The molecule has 0 aromatic carbocycles. The Hall–Kier alpha value is -0.420. The Morgan fingerprint density at radius 1 is 1.67 bits per heavy atom. The summed E-state index contributed by atoms with van der Waals surface area (Å²) in [4.78, 5) is 0.844. The van der Waals surface area contributed by atoms with Crippen molar-refractivity contribution < 1.29 is 10.2 Å². The van der Waals surface area contributed by atoms with Crippen LogP contribution >= 0.6 is 11.3 Å². The van der Waals surface area contributed by atoms with Crippen LogP contribution in [0.5, 0.6) is 0 Å². The lowest BCUT2D eigenvalue weighted by Crippen LogP contribution is -2.31. The third kappa shape index (κ3) is 1.84. The van der Waals surface area contributed by atoms with Crippen molar-refractivity contribution in [2.75, 3.05) is 6.61 Å². The number of hydrogen-bond acceptors (Lipinski definition) is 4. The number of aliphatic hydroxyl groups is 2. The van der Waals surface area contributed by atoms with E-state index in [1.54, 1.807) is 0 Å². The Morgan fingerprint density at radius 3 is 2.75 bits per heavy atom. The fourth-order valence-corrected chi connectivity index (χ4v) is 1.97. The number of nitrogens with two attached hydrogens (primary N) is 1. The molecule has 0 aliphatic heterocycles. The van der Waals surface area contributed by atoms with Crippen LogP contribution in [0.3, 0.4) is 0 Å². The lowest BCUT2D eigenvalue weighted by Gasteiger charge is -2.15. The summed E-state index contributed by atoms with van der Waals surface area (Å²) in [6.07, 6.45) is -0.741. The highest BCUT2D eigenvalue weighted by Crippen LogP contribution is 2.25. The van der Waals surface area contributed by atoms with Crippen LogP contribution in [0.4, 0.5) is 0 Å². The van der Waals surface area contributed by atoms with Crippen LogP contribution < -0.4 is 5.73 Å². The molecule has 1 rings (SSSR count). The molecule has 2 atom stereocenters. The summed E-state index contributed by atoms with van der Waals surface area (Å²) in [5.74, 6) is 0. The maximum atomic E-state index is 9.58. The van der Waals surface area contributed by atoms with E-state index < -0.39 is 12.1 Å². The maximum absolute atomic E-state index is 9.58. The van der Waals surface area contributed by atoms with Gasteiger partial charge in [-0.25, -0.2) is 0 Å². The number of aryl methyl sites for hydroxylation is 1. The Labute approximate surface area is 75.5 Å². The Kier molecular flexibility index (Phi) is 3.22. The summed E-state index contributed by atoms with van der Waals surface area (Å²) in [5, 5.41) is 20.2. The van der Waals surface area contributed by atoms with Crippen molar-refractivity contribution in [3.8, 4) is 0 Å². The van der Waals surface area contributed by atoms with Gasteiger partial charge in [-0.05, 0) is 23.9 Å². The molecule has 0 saturated heterocycles. The highest BCUT2D eigenvalue weighted by atomic mass is 32.1. The van der Waals surface area contributed by atoms with Crippen LogP contribution in [0, 0.1) is 6.92 Å². The van der Waals surface area contributed by atoms with Gasteiger partial charge in [0.2, 0.25) is 0 Å². The normalized spacial score (nSPS) is 16.0. The van der Waals surface area contributed by atoms with E-state index in [1.165, 1.54) is 11.3 Å². The van der Waals surface area contributed by atoms with Crippen LogP contribution in [0.25, 0.3) is 0 Å². The third-order valence-corrected chi connectivity index (χ3v) is 2.88. The van der Waals surface area contributed by atoms with Crippen molar-refractivity contribution in [2.24, 2.45) is 5.73 Å². The van der Waals surface area contributed by atoms with Gasteiger partial charge in [0.05, 0.1) is 12.6 Å². The van der Waals surface area contributed by atoms with Crippen LogP contribution in [0.15, 0.2) is 11.4 Å². The molecule has 0 aliphatic carbocycles. The zero-order valence-electron chi connectivity index (χ0n) is 6.90. The minimum Gasteiger partial charge on any atom is -0.395 e. The fourth-order valence-electron chi connectivity index (χ4n) is 0.982. The second kappa shape index (κ2) is 4.00. The van der Waals surface area contributed by atoms with Crippen molar-refractivity contribution in [2.45, 2.75) is 19.1 Å². The van der Waals surface area contributed by atoms with Gasteiger partial charge in [-0.1, -0.05) is 0 Å². The predicted octanol–water partition coefficient (Wildman–Crippen LogP) is 0.410. The Bertz CT molecular complexity index is 249. The summed E-state index contributed by atoms with van der Waals surface area (Å²) < 4.78 is 0. The number of aliphatic hydroxyl groups excluding tert-OH is 2. The number of hydrogen-bond donors (Lipinski definition) is 3. The SMILES string of the molecule is Cc1ccsc1C(O)C(N)CO. The maximum Gasteiger partial charge on any atom is 0.106 e. The largest absolute Gasteiger partial charge is 0.395 e. The molecule has 12 heavy (non-hydrogen) atoms. The van der Waals surface area contributed by atoms with Crippen molar-refractivity contribution in [1.29, 1.82) is 0 Å². The molecular weight excluding hydrogens is 174 g/mol. The first-order chi connectivity index (χ1) is 5.66. The molecule has 4 N–H and O–H groups in total. The molecule has 1 aromatic heterocycles. The van der Waals surface area contributed by atoms with E-state index in [1.807, 2.05) is 18.4 Å². The molecule has 68 valence electrons. The number of rotatable bonds is 3. The lowest BCUT2D eigenvalue weighted by molar-refractivity contribution is 0.112. The van der Waals surface area contributed by atoms with E-state index >= 15 is 0 Å². The summed E-state index contributed by atoms with van der Waals surface area (Å²) in [6, 6.07) is 1.34. The molecule has 1 heterocycles. The lowest BCUT2D eigenvalue weighted by atomic mass is 10.1. The third-order valence-electron chi connectivity index (χ3n) is 1.79. The van der Waals surface area contributed by atoms with Crippen molar-refractivity contribution in [3.63, 3.8) is 0 Å². The first kappa shape index (κ1) is 9.67. The molecule has 4 heteroatoms. The fraction of sp³-hybridized carbons (Fsp3) is 0.500. The average molecular weight is 187 g/mol. The molecule has 3 nitrogen and oxygen atoms in total. The monoisotopic (exact) mass is 187 g/mol. The van der Waals surface area contributed by atoms with Gasteiger partial charge >= 0.3 is 0 Å². The Balaban J connectivity index is 2.77. The van der Waals surface area contributed by atoms with Crippen LogP contribution in [-0.4, -0.2) is 22.9 Å². The van der Waals surface area contributed by atoms with E-state index in [2.05, 4.69) is 0 Å². The molecule has 0 amide bonds. The predicted molar refractivity (Wildman–Crippen MR) is 49.1 cm³/mol. The topological polar surface area (TPSA) is 66.5 Å². The average Bonchev–Trinajstić information content (AvgIpc) is 2.48. The smallest absolute Gasteiger partial charge is 0.106 e. The molecule has 2 unspecified atom stereocenters. The highest BCUT2D eigenvalue weighted by Gasteiger charge is 2.18. The van der Waals surface area contributed by atoms with Gasteiger partial charge in [-0.2, -0.15) is 0 Å². The number of thiophene rings is 1. The van der Waals surface area contributed by atoms with E-state index in [4.69, 9.17) is 10.8 Å². The minimum absolute atomic E-state index is 0.196. The molecule has 0 aliphatic rings. The van der Waals surface area contributed by atoms with Crippen LogP contribution in [0.1, 0.15) is 16.5 Å². The van der Waals surface area contributed by atoms with Crippen molar-refractivity contribution in [3.05, 3.63) is 21.9 Å². The van der Waals surface area contributed by atoms with Crippen molar-refractivity contribution >= 4 is 11.3 Å². The standard InChI is InChI=1S/C8H13NO2S/c1-5-2-3-12-8(5)7(11)6(9)4-10/h2-3,6-7,10-11H,4,9H2,1H3. The first-order valence-corrected chi connectivity index (χ1v) is 4.63. The van der Waals surface area contributed by atoms with Crippen molar-refractivity contribution in [1.82, 2.24) is 0 Å². The van der Waals surface area contributed by atoms with Gasteiger partial charge < -0.3 is 15.9 Å². The van der Waals surface area contributed by atoms with Gasteiger partial charge in [0.25, 0.3) is 0 Å². The van der Waals surface area contributed by atoms with Crippen LogP contribution in [-0.2, 0) is 0 Å². The molecule has 0 radical (unpaired) electrons. The highest BCUT2D eigenvalue weighted by molar-refractivity contribution is 7.10. The second-order valence-electron chi connectivity index (χ2n) is 2.76. The van der Waals surface area contributed by atoms with Gasteiger partial charge in [-0.15, -0.1) is 11.3 Å². The molecule has 0 spiro atoms. The quantitative estimate of drug-likeness (QED) is 0.642. The minimum atomic E-state index is -0.741. The van der Waals surface area contributed by atoms with Gasteiger partial charge in [0.1, 0.15) is 6.10 Å². The van der Waals surface area contributed by atoms with Gasteiger partial charge in [0, 0.05) is 4.88 Å². The van der Waals surface area contributed by atoms with E-state index in [0.29, 0.717) is 0 Å². The Morgan fingerprint density at radius 2 is 2.33 bits per heavy atom. The summed E-state index contributed by atoms with van der Waals surface area (Å²) in [7, 11) is 0. The summed E-state index contributed by atoms with van der Waals surface area (Å²) >= 11 is 1.46. The molecular formula is C8H13NO2S. The van der Waals surface area contributed by atoms with E-state index in [9.17, 15) is 5.11 Å². The molecule has 0 bridgehead atoms. The van der Waals surface area contributed by atoms with Crippen LogP contribution in [0.2, 0.25) is 0 Å². The zero-order chi connectivity index (χ0) is 9.14.